The number of aryl methyl sites for hydroxylation is 1. The SMILES string of the molecule is COC(=O)c1scc(C)c1NC1CCS(=O)(=O)C1. The van der Waals surface area contributed by atoms with Gasteiger partial charge in [0.15, 0.2) is 9.84 Å². The number of nitrogens with one attached hydrogen (secondary N) is 1. The molecule has 7 heteroatoms. The molecule has 1 fully saturated rings. The number of ether oxygens (including phenoxy) is 1. The highest BCUT2D eigenvalue weighted by Gasteiger charge is 2.29. The van der Waals surface area contributed by atoms with Crippen LogP contribution in [0.5, 0.6) is 0 Å². The lowest BCUT2D eigenvalue weighted by molar-refractivity contribution is 0.0607. The number of hydrogen-bond acceptors (Lipinski definition) is 6. The van der Waals surface area contributed by atoms with Gasteiger partial charge >= 0.3 is 5.97 Å². The number of carbonyl (C=O) groups excluding carboxylic acids is 1. The van der Waals surface area contributed by atoms with E-state index in [1.165, 1.54) is 18.4 Å². The molecule has 0 spiro atoms. The van der Waals surface area contributed by atoms with Crippen LogP contribution in [0.25, 0.3) is 0 Å². The molecule has 1 aromatic heterocycles. The molecule has 0 aliphatic carbocycles. The second-order valence-electron chi connectivity index (χ2n) is 4.36. The molecule has 0 saturated carbocycles. The van der Waals surface area contributed by atoms with Crippen LogP contribution in [0.3, 0.4) is 0 Å². The molecule has 18 heavy (non-hydrogen) atoms. The monoisotopic (exact) mass is 289 g/mol. The summed E-state index contributed by atoms with van der Waals surface area (Å²) < 4.78 is 27.5. The molecule has 5 nitrogen and oxygen atoms in total. The van der Waals surface area contributed by atoms with E-state index in [1.807, 2.05) is 12.3 Å². The maximum Gasteiger partial charge on any atom is 0.350 e. The zero-order valence-electron chi connectivity index (χ0n) is 10.2. The fourth-order valence-corrected chi connectivity index (χ4v) is 4.58. The Kier molecular flexibility index (Phi) is 3.63. The Morgan fingerprint density at radius 1 is 1.56 bits per heavy atom. The van der Waals surface area contributed by atoms with E-state index in [2.05, 4.69) is 5.32 Å². The van der Waals surface area contributed by atoms with Gasteiger partial charge < -0.3 is 10.1 Å². The van der Waals surface area contributed by atoms with Gasteiger partial charge in [-0.3, -0.25) is 0 Å². The van der Waals surface area contributed by atoms with E-state index >= 15 is 0 Å². The van der Waals surface area contributed by atoms with Gasteiger partial charge in [-0.1, -0.05) is 0 Å². The lowest BCUT2D eigenvalue weighted by Crippen LogP contribution is -2.22. The highest BCUT2D eigenvalue weighted by molar-refractivity contribution is 7.91. The summed E-state index contributed by atoms with van der Waals surface area (Å²) >= 11 is 1.31. The average molecular weight is 289 g/mol. The maximum atomic E-state index is 11.6. The van der Waals surface area contributed by atoms with Crippen molar-refractivity contribution in [2.24, 2.45) is 0 Å². The van der Waals surface area contributed by atoms with Crippen LogP contribution in [-0.2, 0) is 14.6 Å². The number of hydrogen-bond donors (Lipinski definition) is 1. The maximum absolute atomic E-state index is 11.6. The van der Waals surface area contributed by atoms with E-state index < -0.39 is 15.8 Å². The van der Waals surface area contributed by atoms with Crippen molar-refractivity contribution in [2.75, 3.05) is 23.9 Å². The molecule has 0 bridgehead atoms. The van der Waals surface area contributed by atoms with Crippen molar-refractivity contribution in [2.45, 2.75) is 19.4 Å². The molecular formula is C11H15NO4S2. The second-order valence-corrected chi connectivity index (χ2v) is 7.47. The van der Waals surface area contributed by atoms with Crippen LogP contribution in [0.1, 0.15) is 21.7 Å². The Morgan fingerprint density at radius 3 is 2.83 bits per heavy atom. The number of sulfone groups is 1. The molecule has 0 aromatic carbocycles. The lowest BCUT2D eigenvalue weighted by atomic mass is 10.2. The van der Waals surface area contributed by atoms with Gasteiger partial charge in [0.2, 0.25) is 0 Å². The van der Waals surface area contributed by atoms with Crippen LogP contribution < -0.4 is 5.32 Å². The minimum Gasteiger partial charge on any atom is -0.465 e. The first-order valence-electron chi connectivity index (χ1n) is 5.56. The van der Waals surface area contributed by atoms with Crippen molar-refractivity contribution in [3.8, 4) is 0 Å². The van der Waals surface area contributed by atoms with Crippen molar-refractivity contribution in [3.63, 3.8) is 0 Å². The van der Waals surface area contributed by atoms with E-state index in [0.29, 0.717) is 17.0 Å². The van der Waals surface area contributed by atoms with Crippen LogP contribution in [0.2, 0.25) is 0 Å². The Balaban J connectivity index is 2.19. The highest BCUT2D eigenvalue weighted by Crippen LogP contribution is 2.30. The van der Waals surface area contributed by atoms with E-state index in [4.69, 9.17) is 4.74 Å². The van der Waals surface area contributed by atoms with Gasteiger partial charge in [0.1, 0.15) is 4.88 Å². The molecule has 1 N–H and O–H groups in total. The third kappa shape index (κ3) is 2.67. The molecule has 0 amide bonds. The smallest absolute Gasteiger partial charge is 0.350 e. The van der Waals surface area contributed by atoms with E-state index in [0.717, 1.165) is 5.56 Å². The van der Waals surface area contributed by atoms with Gasteiger partial charge in [-0.25, -0.2) is 13.2 Å². The van der Waals surface area contributed by atoms with Crippen LogP contribution in [-0.4, -0.2) is 39.0 Å². The third-order valence-electron chi connectivity index (χ3n) is 2.93. The summed E-state index contributed by atoms with van der Waals surface area (Å²) in [6, 6.07) is -0.119. The van der Waals surface area contributed by atoms with Crippen molar-refractivity contribution in [1.29, 1.82) is 0 Å². The molecule has 100 valence electrons. The number of esters is 1. The molecule has 1 saturated heterocycles. The predicted octanol–water partition coefficient (Wildman–Crippen LogP) is 1.44. The van der Waals surface area contributed by atoms with Crippen LogP contribution in [0, 0.1) is 6.92 Å². The molecule has 1 aromatic rings. The van der Waals surface area contributed by atoms with Crippen molar-refractivity contribution in [3.05, 3.63) is 15.8 Å². The molecular weight excluding hydrogens is 274 g/mol. The van der Waals surface area contributed by atoms with Crippen molar-refractivity contribution >= 4 is 32.8 Å². The van der Waals surface area contributed by atoms with Crippen LogP contribution in [0.15, 0.2) is 5.38 Å². The topological polar surface area (TPSA) is 72.5 Å². The number of methoxy groups -OCH3 is 1. The van der Waals surface area contributed by atoms with Gasteiger partial charge in [0.05, 0.1) is 24.3 Å². The molecule has 1 aliphatic heterocycles. The van der Waals surface area contributed by atoms with E-state index in [-0.39, 0.29) is 17.5 Å². The first-order chi connectivity index (χ1) is 8.43. The van der Waals surface area contributed by atoms with Crippen LogP contribution >= 0.6 is 11.3 Å². The number of rotatable bonds is 3. The Morgan fingerprint density at radius 2 is 2.28 bits per heavy atom. The van der Waals surface area contributed by atoms with Gasteiger partial charge in [0, 0.05) is 6.04 Å². The molecule has 1 aliphatic rings. The molecule has 2 heterocycles. The minimum absolute atomic E-state index is 0.119. The fraction of sp³-hybridized carbons (Fsp3) is 0.545. The normalized spacial score (nSPS) is 21.8. The van der Waals surface area contributed by atoms with Crippen molar-refractivity contribution in [1.82, 2.24) is 0 Å². The standard InChI is InChI=1S/C11H15NO4S2/c1-7-5-17-10(11(13)16-2)9(7)12-8-3-4-18(14,15)6-8/h5,8,12H,3-4,6H2,1-2H3. The minimum atomic E-state index is -2.93. The van der Waals surface area contributed by atoms with Gasteiger partial charge in [-0.2, -0.15) is 0 Å². The largest absolute Gasteiger partial charge is 0.465 e. The number of thiophene rings is 1. The fourth-order valence-electron chi connectivity index (χ4n) is 1.98. The van der Waals surface area contributed by atoms with Gasteiger partial charge in [-0.15, -0.1) is 11.3 Å². The number of carbonyl (C=O) groups is 1. The number of anilines is 1. The molecule has 1 unspecified atom stereocenters. The summed E-state index contributed by atoms with van der Waals surface area (Å²) in [4.78, 5) is 12.1. The quantitative estimate of drug-likeness (QED) is 0.853. The zero-order chi connectivity index (χ0) is 13.3. The summed E-state index contributed by atoms with van der Waals surface area (Å²) in [7, 11) is -1.59. The molecule has 2 rings (SSSR count). The lowest BCUT2D eigenvalue weighted by Gasteiger charge is -2.13. The molecule has 0 radical (unpaired) electrons. The highest BCUT2D eigenvalue weighted by atomic mass is 32.2. The zero-order valence-corrected chi connectivity index (χ0v) is 11.9. The van der Waals surface area contributed by atoms with E-state index in [9.17, 15) is 13.2 Å². The summed E-state index contributed by atoms with van der Waals surface area (Å²) in [6.07, 6.45) is 0.582. The van der Waals surface area contributed by atoms with E-state index in [1.54, 1.807) is 0 Å². The first-order valence-corrected chi connectivity index (χ1v) is 8.26. The predicted molar refractivity (Wildman–Crippen MR) is 71.1 cm³/mol. The van der Waals surface area contributed by atoms with Crippen LogP contribution in [0.4, 0.5) is 5.69 Å². The third-order valence-corrected chi connectivity index (χ3v) is 5.77. The first kappa shape index (κ1) is 13.4. The summed E-state index contributed by atoms with van der Waals surface area (Å²) in [5.41, 5.74) is 1.64. The summed E-state index contributed by atoms with van der Waals surface area (Å²) in [5, 5.41) is 5.02. The van der Waals surface area contributed by atoms with Gasteiger partial charge in [-0.05, 0) is 24.3 Å². The summed E-state index contributed by atoms with van der Waals surface area (Å²) in [5.74, 6) is -0.0546. The van der Waals surface area contributed by atoms with Crippen molar-refractivity contribution < 1.29 is 17.9 Å². The summed E-state index contributed by atoms with van der Waals surface area (Å²) in [6.45, 7) is 1.88. The Bertz CT molecular complexity index is 562. The Hall–Kier alpha value is -1.08. The Labute approximate surface area is 110 Å². The average Bonchev–Trinajstić information content (AvgIpc) is 2.83. The van der Waals surface area contributed by atoms with Gasteiger partial charge in [0.25, 0.3) is 0 Å². The molecule has 1 atom stereocenters. The second kappa shape index (κ2) is 4.89.